The molecule has 1 aromatic carbocycles. The molecule has 0 radical (unpaired) electrons. The van der Waals surface area contributed by atoms with E-state index in [0.29, 0.717) is 26.3 Å². The minimum absolute atomic E-state index is 0.0926. The fraction of sp³-hybridized carbons (Fsp3) is 0.462. The molecule has 0 aromatic heterocycles. The van der Waals surface area contributed by atoms with Crippen molar-refractivity contribution in [1.29, 1.82) is 0 Å². The molecule has 126 valence electrons. The van der Waals surface area contributed by atoms with Gasteiger partial charge >= 0.3 is 0 Å². The van der Waals surface area contributed by atoms with Crippen LogP contribution in [0.25, 0.3) is 0 Å². The van der Waals surface area contributed by atoms with E-state index in [0.717, 1.165) is 0 Å². The van der Waals surface area contributed by atoms with Gasteiger partial charge in [-0.15, -0.1) is 0 Å². The van der Waals surface area contributed by atoms with Crippen LogP contribution in [0.15, 0.2) is 24.3 Å². The van der Waals surface area contributed by atoms with Crippen LogP contribution in [0.2, 0.25) is 0 Å². The van der Waals surface area contributed by atoms with Gasteiger partial charge in [-0.25, -0.2) is 0 Å². The quantitative estimate of drug-likeness (QED) is 0.491. The summed E-state index contributed by atoms with van der Waals surface area (Å²) in [4.78, 5) is 24.6. The van der Waals surface area contributed by atoms with Crippen LogP contribution in [0, 0.1) is 10.1 Å². The highest BCUT2D eigenvalue weighted by Gasteiger charge is 2.39. The predicted molar refractivity (Wildman–Crippen MR) is 87.0 cm³/mol. The van der Waals surface area contributed by atoms with E-state index in [-0.39, 0.29) is 11.3 Å². The predicted octanol–water partition coefficient (Wildman–Crippen LogP) is 2.35. The second-order valence-corrected chi connectivity index (χ2v) is 7.21. The maximum absolute atomic E-state index is 12.4. The zero-order valence-electron chi connectivity index (χ0n) is 11.9. The number of rotatable bonds is 4. The first-order valence-electron chi connectivity index (χ1n) is 6.73. The van der Waals surface area contributed by atoms with Crippen molar-refractivity contribution in [3.05, 3.63) is 39.9 Å². The van der Waals surface area contributed by atoms with Crippen LogP contribution in [-0.4, -0.2) is 52.0 Å². The summed E-state index contributed by atoms with van der Waals surface area (Å²) in [5.74, 6) is -0.680. The molecular formula is C13H14Cl3N3O4. The number of benzene rings is 1. The number of nitro groups is 1. The molecule has 1 saturated heterocycles. The highest BCUT2D eigenvalue weighted by molar-refractivity contribution is 6.68. The number of nitrogens with zero attached hydrogens (tertiary/aromatic N) is 2. The summed E-state index contributed by atoms with van der Waals surface area (Å²) in [5.41, 5.74) is -0.403. The summed E-state index contributed by atoms with van der Waals surface area (Å²) in [6.07, 6.45) is -0.927. The molecule has 1 amide bonds. The molecule has 1 fully saturated rings. The molecule has 0 bridgehead atoms. The fourth-order valence-electron chi connectivity index (χ4n) is 2.24. The Morgan fingerprint density at radius 3 is 2.48 bits per heavy atom. The molecule has 7 nitrogen and oxygen atoms in total. The number of halogens is 3. The first-order valence-corrected chi connectivity index (χ1v) is 7.87. The minimum atomic E-state index is -1.80. The topological polar surface area (TPSA) is 84.7 Å². The highest BCUT2D eigenvalue weighted by Crippen LogP contribution is 2.33. The lowest BCUT2D eigenvalue weighted by atomic mass is 10.1. The van der Waals surface area contributed by atoms with E-state index < -0.39 is 20.8 Å². The van der Waals surface area contributed by atoms with Gasteiger partial charge in [-0.3, -0.25) is 19.8 Å². The zero-order chi connectivity index (χ0) is 17.0. The molecule has 1 aliphatic heterocycles. The van der Waals surface area contributed by atoms with E-state index in [2.05, 4.69) is 5.32 Å². The van der Waals surface area contributed by atoms with Crippen molar-refractivity contribution in [3.63, 3.8) is 0 Å². The number of nitro benzene ring substituents is 1. The molecule has 1 heterocycles. The van der Waals surface area contributed by atoms with Gasteiger partial charge in [0.25, 0.3) is 11.6 Å². The van der Waals surface area contributed by atoms with Crippen molar-refractivity contribution in [3.8, 4) is 0 Å². The number of amides is 1. The Hall–Kier alpha value is -1.12. The van der Waals surface area contributed by atoms with E-state index in [1.165, 1.54) is 24.3 Å². The van der Waals surface area contributed by atoms with E-state index >= 15 is 0 Å². The Balaban J connectivity index is 2.22. The molecule has 10 heteroatoms. The molecule has 2 rings (SSSR count). The van der Waals surface area contributed by atoms with Gasteiger partial charge < -0.3 is 10.1 Å². The smallest absolute Gasteiger partial charge is 0.282 e. The van der Waals surface area contributed by atoms with Gasteiger partial charge in [-0.2, -0.15) is 0 Å². The number of hydrogen-bond donors (Lipinski definition) is 1. The van der Waals surface area contributed by atoms with Crippen LogP contribution in [0.3, 0.4) is 0 Å². The Bertz CT molecular complexity index is 588. The lowest BCUT2D eigenvalue weighted by Crippen LogP contribution is -2.58. The molecule has 1 aromatic rings. The third-order valence-corrected chi connectivity index (χ3v) is 3.95. The van der Waals surface area contributed by atoms with Gasteiger partial charge in [-0.1, -0.05) is 46.9 Å². The van der Waals surface area contributed by atoms with Crippen LogP contribution in [0.1, 0.15) is 10.4 Å². The van der Waals surface area contributed by atoms with Gasteiger partial charge in [0.1, 0.15) is 11.7 Å². The highest BCUT2D eigenvalue weighted by atomic mass is 35.6. The number of carbonyl (C=O) groups is 1. The first-order chi connectivity index (χ1) is 10.8. The lowest BCUT2D eigenvalue weighted by Gasteiger charge is -2.38. The molecule has 0 aliphatic carbocycles. The van der Waals surface area contributed by atoms with Crippen LogP contribution in [-0.2, 0) is 4.74 Å². The Morgan fingerprint density at radius 2 is 1.91 bits per heavy atom. The summed E-state index contributed by atoms with van der Waals surface area (Å²) in [6.45, 7) is 1.82. The lowest BCUT2D eigenvalue weighted by molar-refractivity contribution is -0.385. The van der Waals surface area contributed by atoms with Crippen LogP contribution < -0.4 is 5.32 Å². The van der Waals surface area contributed by atoms with Crippen molar-refractivity contribution in [2.24, 2.45) is 0 Å². The number of para-hydroxylation sites is 1. The van der Waals surface area contributed by atoms with Crippen LogP contribution in [0.4, 0.5) is 5.69 Å². The summed E-state index contributed by atoms with van der Waals surface area (Å²) in [6, 6.07) is 5.60. The number of nitrogens with one attached hydrogen (secondary N) is 1. The van der Waals surface area contributed by atoms with Crippen molar-refractivity contribution in [1.82, 2.24) is 10.2 Å². The van der Waals surface area contributed by atoms with Gasteiger partial charge in [0.05, 0.1) is 18.1 Å². The van der Waals surface area contributed by atoms with E-state index in [1.54, 1.807) is 4.90 Å². The molecule has 1 N–H and O–H groups in total. The molecule has 23 heavy (non-hydrogen) atoms. The molecule has 1 aliphatic rings. The van der Waals surface area contributed by atoms with Gasteiger partial charge in [-0.05, 0) is 6.07 Å². The second kappa shape index (κ2) is 7.63. The third kappa shape index (κ3) is 4.68. The van der Waals surface area contributed by atoms with Gasteiger partial charge in [0, 0.05) is 19.2 Å². The average Bonchev–Trinajstić information content (AvgIpc) is 2.52. The Morgan fingerprint density at radius 1 is 1.30 bits per heavy atom. The molecular weight excluding hydrogens is 369 g/mol. The number of ether oxygens (including phenoxy) is 1. The summed E-state index contributed by atoms with van der Waals surface area (Å²) in [7, 11) is 0. The van der Waals surface area contributed by atoms with Crippen molar-refractivity contribution in [2.45, 2.75) is 9.96 Å². The van der Waals surface area contributed by atoms with Crippen molar-refractivity contribution < 1.29 is 14.5 Å². The Kier molecular flexibility index (Phi) is 6.05. The summed E-state index contributed by atoms with van der Waals surface area (Å²) in [5, 5.41) is 13.6. The summed E-state index contributed by atoms with van der Waals surface area (Å²) >= 11 is 17.9. The number of alkyl halides is 3. The molecule has 0 unspecified atom stereocenters. The first kappa shape index (κ1) is 18.2. The number of morpholine rings is 1. The van der Waals surface area contributed by atoms with E-state index in [1.807, 2.05) is 0 Å². The Labute approximate surface area is 147 Å². The fourth-order valence-corrected chi connectivity index (χ4v) is 2.82. The molecule has 0 saturated carbocycles. The van der Waals surface area contributed by atoms with Crippen LogP contribution in [0.5, 0.6) is 0 Å². The molecule has 1 atom stereocenters. The van der Waals surface area contributed by atoms with Gasteiger partial charge in [0.2, 0.25) is 3.79 Å². The second-order valence-electron chi connectivity index (χ2n) is 4.84. The normalized spacial score (nSPS) is 17.5. The largest absolute Gasteiger partial charge is 0.379 e. The number of hydrogen-bond acceptors (Lipinski definition) is 5. The zero-order valence-corrected chi connectivity index (χ0v) is 14.1. The maximum atomic E-state index is 12.4. The van der Waals surface area contributed by atoms with Gasteiger partial charge in [0.15, 0.2) is 0 Å². The van der Waals surface area contributed by atoms with E-state index in [9.17, 15) is 14.9 Å². The average molecular weight is 383 g/mol. The SMILES string of the molecule is O=C(N[C@H](N1CCOCC1)C(Cl)(Cl)Cl)c1ccccc1[N+](=O)[O-]. The molecule has 0 spiro atoms. The standard InChI is InChI=1S/C13H14Cl3N3O4/c14-13(15,16)12(18-5-7-23-8-6-18)17-11(20)9-3-1-2-4-10(9)19(21)22/h1-4,12H,5-8H2,(H,17,20)/t12-/m1/s1. The van der Waals surface area contributed by atoms with Crippen LogP contribution >= 0.6 is 34.8 Å². The van der Waals surface area contributed by atoms with Crippen molar-refractivity contribution in [2.75, 3.05) is 26.3 Å². The third-order valence-electron chi connectivity index (χ3n) is 3.33. The summed E-state index contributed by atoms with van der Waals surface area (Å²) < 4.78 is 3.43. The maximum Gasteiger partial charge on any atom is 0.282 e. The van der Waals surface area contributed by atoms with Crippen molar-refractivity contribution >= 4 is 46.4 Å². The number of carbonyl (C=O) groups excluding carboxylic acids is 1. The van der Waals surface area contributed by atoms with E-state index in [4.69, 9.17) is 39.5 Å². The monoisotopic (exact) mass is 381 g/mol. The minimum Gasteiger partial charge on any atom is -0.379 e.